The van der Waals surface area contributed by atoms with Gasteiger partial charge in [-0.2, -0.15) is 5.26 Å². The lowest BCUT2D eigenvalue weighted by Crippen LogP contribution is -2.47. The van der Waals surface area contributed by atoms with Gasteiger partial charge in [0.25, 0.3) is 5.91 Å². The first kappa shape index (κ1) is 23.9. The minimum atomic E-state index is -0.279. The first-order valence-electron chi connectivity index (χ1n) is 12.3. The Labute approximate surface area is 225 Å². The molecule has 0 aliphatic carbocycles. The van der Waals surface area contributed by atoms with E-state index >= 15 is 0 Å². The maximum absolute atomic E-state index is 14.2. The zero-order chi connectivity index (χ0) is 26.8. The standard InChI is InChI=1S/C30H23N7O2/c1-39-23-14-12-20(13-15-23)26-28(34-24-18-32-17-22(16-31)33-24)35-29-25(19-8-4-2-5-9-19)27(36-37(29)30(26)38)21-10-6-3-7-11-21/h2-15,17-18,27,35-36H,1H3,(H,33,34). The number of benzene rings is 3. The van der Waals surface area contributed by atoms with Crippen LogP contribution in [0.4, 0.5) is 5.82 Å². The molecule has 0 saturated heterocycles. The molecule has 1 aromatic heterocycles. The average molecular weight is 514 g/mol. The van der Waals surface area contributed by atoms with Gasteiger partial charge in [0.2, 0.25) is 0 Å². The van der Waals surface area contributed by atoms with Crippen molar-refractivity contribution in [2.45, 2.75) is 6.04 Å². The molecular weight excluding hydrogens is 490 g/mol. The van der Waals surface area contributed by atoms with Crippen LogP contribution in [0.3, 0.4) is 0 Å². The highest BCUT2D eigenvalue weighted by Crippen LogP contribution is 2.41. The van der Waals surface area contributed by atoms with Crippen LogP contribution in [0.15, 0.2) is 109 Å². The Morgan fingerprint density at radius 2 is 1.67 bits per heavy atom. The van der Waals surface area contributed by atoms with E-state index in [1.54, 1.807) is 24.3 Å². The quantitative estimate of drug-likeness (QED) is 0.352. The molecule has 9 heteroatoms. The number of fused-ring (bicyclic) bond motifs is 1. The van der Waals surface area contributed by atoms with Crippen LogP contribution in [-0.2, 0) is 4.79 Å². The van der Waals surface area contributed by atoms with Gasteiger partial charge in [-0.3, -0.25) is 9.78 Å². The van der Waals surface area contributed by atoms with Crippen molar-refractivity contribution in [3.05, 3.63) is 131 Å². The predicted molar refractivity (Wildman–Crippen MR) is 146 cm³/mol. The largest absolute Gasteiger partial charge is 0.497 e. The smallest absolute Gasteiger partial charge is 0.278 e. The number of aromatic nitrogens is 2. The van der Waals surface area contributed by atoms with Crippen LogP contribution >= 0.6 is 0 Å². The molecule has 0 saturated carbocycles. The lowest BCUT2D eigenvalue weighted by molar-refractivity contribution is -0.126. The number of hydrogen-bond acceptors (Lipinski definition) is 8. The van der Waals surface area contributed by atoms with E-state index in [1.165, 1.54) is 12.4 Å². The number of carbonyl (C=O) groups excluding carboxylic acids is 1. The van der Waals surface area contributed by atoms with Gasteiger partial charge in [-0.25, -0.2) is 15.4 Å². The number of anilines is 1. The Hall–Kier alpha value is -5.46. The summed E-state index contributed by atoms with van der Waals surface area (Å²) in [7, 11) is 1.59. The highest BCUT2D eigenvalue weighted by molar-refractivity contribution is 6.22. The maximum Gasteiger partial charge on any atom is 0.278 e. The monoisotopic (exact) mass is 513 g/mol. The first-order chi connectivity index (χ1) is 19.2. The van der Waals surface area contributed by atoms with Crippen LogP contribution in [0.25, 0.3) is 11.1 Å². The molecule has 0 bridgehead atoms. The van der Waals surface area contributed by atoms with Gasteiger partial charge >= 0.3 is 0 Å². The number of nitrogens with one attached hydrogen (secondary N) is 3. The second-order valence-corrected chi connectivity index (χ2v) is 8.87. The fourth-order valence-electron chi connectivity index (χ4n) is 4.73. The van der Waals surface area contributed by atoms with Gasteiger partial charge in [-0.1, -0.05) is 72.8 Å². The third-order valence-corrected chi connectivity index (χ3v) is 6.53. The molecule has 4 aromatic rings. The third-order valence-electron chi connectivity index (χ3n) is 6.53. The number of carbonyl (C=O) groups is 1. The molecule has 2 aliphatic heterocycles. The minimum Gasteiger partial charge on any atom is -0.497 e. The van der Waals surface area contributed by atoms with Crippen LogP contribution < -0.4 is 20.8 Å². The Kier molecular flexibility index (Phi) is 6.21. The Balaban J connectivity index is 1.52. The van der Waals surface area contributed by atoms with E-state index in [-0.39, 0.29) is 17.6 Å². The van der Waals surface area contributed by atoms with Crippen molar-refractivity contribution < 1.29 is 9.53 Å². The summed E-state index contributed by atoms with van der Waals surface area (Å²) in [6.45, 7) is 0. The first-order valence-corrected chi connectivity index (χ1v) is 12.3. The summed E-state index contributed by atoms with van der Waals surface area (Å²) < 4.78 is 5.32. The summed E-state index contributed by atoms with van der Waals surface area (Å²) in [5, 5.41) is 17.5. The summed E-state index contributed by atoms with van der Waals surface area (Å²) in [5.41, 5.74) is 7.54. The number of ether oxygens (including phenoxy) is 1. The number of amides is 1. The van der Waals surface area contributed by atoms with E-state index in [0.717, 1.165) is 16.7 Å². The second-order valence-electron chi connectivity index (χ2n) is 8.87. The zero-order valence-electron chi connectivity index (χ0n) is 20.9. The number of nitriles is 1. The number of rotatable bonds is 6. The molecule has 3 heterocycles. The zero-order valence-corrected chi connectivity index (χ0v) is 20.9. The number of hydrazine groups is 1. The molecule has 0 fully saturated rings. The molecule has 6 rings (SSSR count). The van der Waals surface area contributed by atoms with Crippen molar-refractivity contribution in [3.8, 4) is 11.8 Å². The minimum absolute atomic E-state index is 0.159. The molecule has 3 N–H and O–H groups in total. The van der Waals surface area contributed by atoms with Gasteiger partial charge in [-0.15, -0.1) is 0 Å². The predicted octanol–water partition coefficient (Wildman–Crippen LogP) is 4.20. The Morgan fingerprint density at radius 3 is 2.36 bits per heavy atom. The van der Waals surface area contributed by atoms with Gasteiger partial charge in [0.05, 0.1) is 31.1 Å². The van der Waals surface area contributed by atoms with E-state index in [4.69, 9.17) is 4.74 Å². The summed E-state index contributed by atoms with van der Waals surface area (Å²) in [6, 6.07) is 28.9. The van der Waals surface area contributed by atoms with E-state index in [1.807, 2.05) is 78.9 Å². The second kappa shape index (κ2) is 10.1. The van der Waals surface area contributed by atoms with E-state index in [2.05, 4.69) is 26.0 Å². The lowest BCUT2D eigenvalue weighted by atomic mass is 9.94. The molecule has 0 radical (unpaired) electrons. The molecule has 9 nitrogen and oxygen atoms in total. The molecule has 190 valence electrons. The lowest BCUT2D eigenvalue weighted by Gasteiger charge is -2.31. The van der Waals surface area contributed by atoms with Gasteiger partial charge in [-0.05, 0) is 28.8 Å². The van der Waals surface area contributed by atoms with Crippen molar-refractivity contribution in [3.63, 3.8) is 0 Å². The summed E-state index contributed by atoms with van der Waals surface area (Å²) in [5.74, 6) is 1.77. The highest BCUT2D eigenvalue weighted by Gasteiger charge is 2.42. The SMILES string of the molecule is COc1ccc(C2=C(Nc3cncc(C#N)n3)NC3=C(c4ccccc4)C(c4ccccc4)NN3C2=O)cc1. The molecular formula is C30H23N7O2. The highest BCUT2D eigenvalue weighted by atomic mass is 16.5. The van der Waals surface area contributed by atoms with Crippen molar-refractivity contribution in [2.75, 3.05) is 12.4 Å². The van der Waals surface area contributed by atoms with E-state index in [0.29, 0.717) is 34.3 Å². The Morgan fingerprint density at radius 1 is 0.949 bits per heavy atom. The van der Waals surface area contributed by atoms with Crippen molar-refractivity contribution in [1.82, 2.24) is 25.7 Å². The molecule has 39 heavy (non-hydrogen) atoms. The normalized spacial score (nSPS) is 16.5. The Bertz CT molecular complexity index is 1640. The molecule has 0 spiro atoms. The van der Waals surface area contributed by atoms with E-state index in [9.17, 15) is 10.1 Å². The van der Waals surface area contributed by atoms with Crippen molar-refractivity contribution in [1.29, 1.82) is 5.26 Å². The van der Waals surface area contributed by atoms with Crippen molar-refractivity contribution >= 4 is 22.9 Å². The molecule has 2 aliphatic rings. The molecule has 1 amide bonds. The van der Waals surface area contributed by atoms with Gasteiger partial charge in [0, 0.05) is 5.57 Å². The van der Waals surface area contributed by atoms with Gasteiger partial charge in [0.15, 0.2) is 11.5 Å². The van der Waals surface area contributed by atoms with Crippen LogP contribution in [0.2, 0.25) is 0 Å². The van der Waals surface area contributed by atoms with Crippen molar-refractivity contribution in [2.24, 2.45) is 0 Å². The van der Waals surface area contributed by atoms with Crippen LogP contribution in [0.5, 0.6) is 5.75 Å². The van der Waals surface area contributed by atoms with Gasteiger partial charge in [0.1, 0.15) is 23.5 Å². The summed E-state index contributed by atoms with van der Waals surface area (Å²) >= 11 is 0. The fraction of sp³-hybridized carbons (Fsp3) is 0.0667. The van der Waals surface area contributed by atoms with Crippen LogP contribution in [0, 0.1) is 11.3 Å². The molecule has 3 aromatic carbocycles. The average Bonchev–Trinajstić information content (AvgIpc) is 3.38. The summed E-state index contributed by atoms with van der Waals surface area (Å²) in [4.78, 5) is 22.6. The van der Waals surface area contributed by atoms with Crippen LogP contribution in [-0.4, -0.2) is 28.0 Å². The fourth-order valence-corrected chi connectivity index (χ4v) is 4.73. The molecule has 1 atom stereocenters. The number of hydrogen-bond donors (Lipinski definition) is 3. The summed E-state index contributed by atoms with van der Waals surface area (Å²) in [6.07, 6.45) is 2.89. The molecule has 1 unspecified atom stereocenters. The topological polar surface area (TPSA) is 115 Å². The van der Waals surface area contributed by atoms with Gasteiger partial charge < -0.3 is 15.4 Å². The third kappa shape index (κ3) is 4.45. The number of methoxy groups -OCH3 is 1. The number of nitrogens with zero attached hydrogens (tertiary/aromatic N) is 4. The van der Waals surface area contributed by atoms with Crippen LogP contribution in [0.1, 0.15) is 28.4 Å². The van der Waals surface area contributed by atoms with E-state index < -0.39 is 0 Å². The maximum atomic E-state index is 14.2.